The van der Waals surface area contributed by atoms with E-state index in [9.17, 15) is 4.39 Å². The van der Waals surface area contributed by atoms with E-state index in [1.54, 1.807) is 18.3 Å². The summed E-state index contributed by atoms with van der Waals surface area (Å²) in [4.78, 5) is 20.0. The summed E-state index contributed by atoms with van der Waals surface area (Å²) in [6, 6.07) is 5.08. The lowest BCUT2D eigenvalue weighted by Gasteiger charge is -2.23. The second-order valence-corrected chi connectivity index (χ2v) is 7.65. The molecule has 3 heterocycles. The summed E-state index contributed by atoms with van der Waals surface area (Å²) in [7, 11) is 1.43. The molecule has 0 bridgehead atoms. The number of hydrogen-bond donors (Lipinski definition) is 2. The number of oxazole rings is 1. The third kappa shape index (κ3) is 5.50. The SMILES string of the molecule is CCN1CCCC1CNc1nc(CCc2cnco2)nc(Nc2ccc(OC)c(F)c2)n1. The number of hydrogen-bond acceptors (Lipinski definition) is 9. The molecule has 1 saturated heterocycles. The van der Waals surface area contributed by atoms with Crippen LogP contribution in [-0.2, 0) is 12.8 Å². The monoisotopic (exact) mass is 441 g/mol. The molecule has 0 amide bonds. The molecular weight excluding hydrogens is 413 g/mol. The van der Waals surface area contributed by atoms with Crippen molar-refractivity contribution in [2.24, 2.45) is 0 Å². The van der Waals surface area contributed by atoms with E-state index in [4.69, 9.17) is 9.15 Å². The van der Waals surface area contributed by atoms with Gasteiger partial charge in [0.1, 0.15) is 11.6 Å². The lowest BCUT2D eigenvalue weighted by Crippen LogP contribution is -2.35. The number of likely N-dealkylation sites (tertiary alicyclic amines) is 1. The molecule has 3 aromatic rings. The van der Waals surface area contributed by atoms with Crippen LogP contribution in [0, 0.1) is 5.82 Å². The number of nitrogens with zero attached hydrogens (tertiary/aromatic N) is 5. The van der Waals surface area contributed by atoms with Crippen LogP contribution in [0.15, 0.2) is 35.2 Å². The second kappa shape index (κ2) is 10.4. The van der Waals surface area contributed by atoms with Crippen molar-refractivity contribution in [3.63, 3.8) is 0 Å². The summed E-state index contributed by atoms with van der Waals surface area (Å²) in [5, 5.41) is 6.44. The number of likely N-dealkylation sites (N-methyl/N-ethyl adjacent to an activating group) is 1. The largest absolute Gasteiger partial charge is 0.494 e. The van der Waals surface area contributed by atoms with E-state index in [0.29, 0.717) is 42.3 Å². The maximum absolute atomic E-state index is 14.1. The number of aromatic nitrogens is 4. The van der Waals surface area contributed by atoms with Crippen molar-refractivity contribution in [1.82, 2.24) is 24.8 Å². The Kier molecular flexibility index (Phi) is 7.10. The molecule has 4 rings (SSSR count). The summed E-state index contributed by atoms with van der Waals surface area (Å²) in [6.07, 6.45) is 6.62. The first kappa shape index (κ1) is 21.9. The number of anilines is 3. The van der Waals surface area contributed by atoms with Gasteiger partial charge < -0.3 is 19.8 Å². The molecule has 1 fully saturated rings. The van der Waals surface area contributed by atoms with Crippen molar-refractivity contribution in [3.8, 4) is 5.75 Å². The minimum Gasteiger partial charge on any atom is -0.494 e. The van der Waals surface area contributed by atoms with Crippen LogP contribution in [0.3, 0.4) is 0 Å². The minimum absolute atomic E-state index is 0.179. The summed E-state index contributed by atoms with van der Waals surface area (Å²) >= 11 is 0. The Morgan fingerprint density at radius 2 is 2.09 bits per heavy atom. The number of ether oxygens (including phenoxy) is 1. The van der Waals surface area contributed by atoms with Crippen LogP contribution in [-0.4, -0.2) is 57.6 Å². The van der Waals surface area contributed by atoms with Gasteiger partial charge in [-0.1, -0.05) is 6.92 Å². The molecule has 2 aromatic heterocycles. The molecular formula is C22H28FN7O2. The molecule has 1 unspecified atom stereocenters. The smallest absolute Gasteiger partial charge is 0.232 e. The molecule has 0 spiro atoms. The Bertz CT molecular complexity index is 1020. The van der Waals surface area contributed by atoms with Crippen molar-refractivity contribution in [3.05, 3.63) is 48.2 Å². The van der Waals surface area contributed by atoms with Gasteiger partial charge in [-0.25, -0.2) is 9.37 Å². The number of rotatable bonds is 10. The average molecular weight is 442 g/mol. The molecule has 1 aliphatic heterocycles. The molecule has 1 atom stereocenters. The number of benzene rings is 1. The fourth-order valence-corrected chi connectivity index (χ4v) is 3.89. The molecule has 1 aliphatic rings. The fraction of sp³-hybridized carbons (Fsp3) is 0.455. The zero-order chi connectivity index (χ0) is 22.3. The Hall–Kier alpha value is -3.27. The molecule has 0 saturated carbocycles. The van der Waals surface area contributed by atoms with Crippen molar-refractivity contribution >= 4 is 17.6 Å². The standard InChI is InChI=1S/C22H28FN7O2/c1-3-30-10-4-5-16(30)12-25-21-27-20(9-7-17-13-24-14-32-17)28-22(29-21)26-15-6-8-19(31-2)18(23)11-15/h6,8,11,13-14,16H,3-5,7,9-10,12H2,1-2H3,(H2,25,26,27,28,29). The summed E-state index contributed by atoms with van der Waals surface area (Å²) < 4.78 is 24.4. The molecule has 0 radical (unpaired) electrons. The van der Waals surface area contributed by atoms with Gasteiger partial charge in [0.05, 0.1) is 13.3 Å². The predicted molar refractivity (Wildman–Crippen MR) is 119 cm³/mol. The summed E-state index contributed by atoms with van der Waals surface area (Å²) in [5.41, 5.74) is 0.523. The van der Waals surface area contributed by atoms with Gasteiger partial charge in [0.25, 0.3) is 0 Å². The topological polar surface area (TPSA) is 101 Å². The van der Waals surface area contributed by atoms with Crippen LogP contribution in [0.25, 0.3) is 0 Å². The van der Waals surface area contributed by atoms with Crippen molar-refractivity contribution in [2.75, 3.05) is 37.4 Å². The first-order valence-electron chi connectivity index (χ1n) is 10.9. The highest BCUT2D eigenvalue weighted by atomic mass is 19.1. The number of halogens is 1. The van der Waals surface area contributed by atoms with E-state index in [0.717, 1.165) is 31.8 Å². The summed E-state index contributed by atoms with van der Waals surface area (Å²) in [5.74, 6) is 1.92. The molecule has 2 N–H and O–H groups in total. The number of nitrogens with one attached hydrogen (secondary N) is 2. The minimum atomic E-state index is -0.462. The number of methoxy groups -OCH3 is 1. The van der Waals surface area contributed by atoms with Gasteiger partial charge in [0.2, 0.25) is 11.9 Å². The lowest BCUT2D eigenvalue weighted by molar-refractivity contribution is 0.276. The van der Waals surface area contributed by atoms with Crippen LogP contribution in [0.1, 0.15) is 31.4 Å². The van der Waals surface area contributed by atoms with Gasteiger partial charge >= 0.3 is 0 Å². The molecule has 1 aromatic carbocycles. The van der Waals surface area contributed by atoms with E-state index in [1.165, 1.54) is 26.0 Å². The van der Waals surface area contributed by atoms with Crippen molar-refractivity contribution in [2.45, 2.75) is 38.6 Å². The van der Waals surface area contributed by atoms with Crippen LogP contribution in [0.4, 0.5) is 22.0 Å². The van der Waals surface area contributed by atoms with Gasteiger partial charge in [-0.2, -0.15) is 15.0 Å². The van der Waals surface area contributed by atoms with Crippen LogP contribution >= 0.6 is 0 Å². The zero-order valence-corrected chi connectivity index (χ0v) is 18.3. The Labute approximate surface area is 186 Å². The molecule has 0 aliphatic carbocycles. The Balaban J connectivity index is 1.51. The van der Waals surface area contributed by atoms with E-state index < -0.39 is 5.82 Å². The second-order valence-electron chi connectivity index (χ2n) is 7.65. The van der Waals surface area contributed by atoms with Crippen LogP contribution < -0.4 is 15.4 Å². The molecule has 9 nitrogen and oxygen atoms in total. The highest BCUT2D eigenvalue weighted by Crippen LogP contribution is 2.23. The van der Waals surface area contributed by atoms with Crippen LogP contribution in [0.2, 0.25) is 0 Å². The van der Waals surface area contributed by atoms with E-state index >= 15 is 0 Å². The third-order valence-electron chi connectivity index (χ3n) is 5.57. The van der Waals surface area contributed by atoms with Gasteiger partial charge in [0, 0.05) is 37.2 Å². The molecule has 10 heteroatoms. The van der Waals surface area contributed by atoms with Crippen LogP contribution in [0.5, 0.6) is 5.75 Å². The van der Waals surface area contributed by atoms with Crippen molar-refractivity contribution in [1.29, 1.82) is 0 Å². The van der Waals surface area contributed by atoms with E-state index in [1.807, 2.05) is 0 Å². The first-order valence-corrected chi connectivity index (χ1v) is 10.9. The predicted octanol–water partition coefficient (Wildman–Crippen LogP) is 3.43. The van der Waals surface area contributed by atoms with E-state index in [-0.39, 0.29) is 5.75 Å². The molecule has 170 valence electrons. The highest BCUT2D eigenvalue weighted by Gasteiger charge is 2.23. The maximum Gasteiger partial charge on any atom is 0.232 e. The molecule has 32 heavy (non-hydrogen) atoms. The van der Waals surface area contributed by atoms with Gasteiger partial charge in [-0.05, 0) is 38.1 Å². The zero-order valence-electron chi connectivity index (χ0n) is 18.3. The maximum atomic E-state index is 14.1. The quantitative estimate of drug-likeness (QED) is 0.490. The highest BCUT2D eigenvalue weighted by molar-refractivity contribution is 5.55. The lowest BCUT2D eigenvalue weighted by atomic mass is 10.2. The third-order valence-corrected chi connectivity index (χ3v) is 5.57. The fourth-order valence-electron chi connectivity index (χ4n) is 3.89. The number of aryl methyl sites for hydroxylation is 2. The van der Waals surface area contributed by atoms with Gasteiger partial charge in [0.15, 0.2) is 18.0 Å². The van der Waals surface area contributed by atoms with Crippen molar-refractivity contribution < 1.29 is 13.5 Å². The van der Waals surface area contributed by atoms with Gasteiger partial charge in [-0.3, -0.25) is 4.90 Å². The summed E-state index contributed by atoms with van der Waals surface area (Å²) in [6.45, 7) is 5.09. The Morgan fingerprint density at radius 3 is 2.84 bits per heavy atom. The average Bonchev–Trinajstić information content (AvgIpc) is 3.48. The normalized spacial score (nSPS) is 16.3. The van der Waals surface area contributed by atoms with Gasteiger partial charge in [-0.15, -0.1) is 0 Å². The first-order chi connectivity index (χ1) is 15.6. The van der Waals surface area contributed by atoms with E-state index in [2.05, 4.69) is 42.4 Å². The Morgan fingerprint density at radius 1 is 1.22 bits per heavy atom.